The summed E-state index contributed by atoms with van der Waals surface area (Å²) in [6, 6.07) is 5.49. The molecule has 1 aromatic heterocycles. The Morgan fingerprint density at radius 1 is 1.09 bits per heavy atom. The molecule has 0 saturated carbocycles. The highest BCUT2D eigenvalue weighted by molar-refractivity contribution is 6.08. The van der Waals surface area contributed by atoms with Crippen LogP contribution in [0, 0.1) is 0 Å². The number of carbonyl (C=O) groups is 2. The van der Waals surface area contributed by atoms with E-state index in [1.54, 1.807) is 6.92 Å². The summed E-state index contributed by atoms with van der Waals surface area (Å²) in [6.07, 6.45) is -1.45. The SMILES string of the molecule is CCOC(=O)Cn1ccc(C(=O)c2ccc(C(F)(F)F)cc2)c1. The van der Waals surface area contributed by atoms with Gasteiger partial charge in [-0.1, -0.05) is 12.1 Å². The Morgan fingerprint density at radius 2 is 1.74 bits per heavy atom. The number of carbonyl (C=O) groups excluding carboxylic acids is 2. The van der Waals surface area contributed by atoms with Crippen molar-refractivity contribution in [3.8, 4) is 0 Å². The second kappa shape index (κ2) is 6.68. The smallest absolute Gasteiger partial charge is 0.416 e. The van der Waals surface area contributed by atoms with Gasteiger partial charge in [0.15, 0.2) is 5.78 Å². The standard InChI is InChI=1S/C16H14F3NO3/c1-2-23-14(21)10-20-8-7-12(9-20)15(22)11-3-5-13(6-4-11)16(17,18)19/h3-9H,2,10H2,1H3. The minimum atomic E-state index is -4.44. The van der Waals surface area contributed by atoms with E-state index in [0.29, 0.717) is 0 Å². The molecule has 0 unspecified atom stereocenters. The molecule has 4 nitrogen and oxygen atoms in total. The first-order valence-electron chi connectivity index (χ1n) is 6.84. The molecule has 122 valence electrons. The second-order valence-corrected chi connectivity index (χ2v) is 4.78. The summed E-state index contributed by atoms with van der Waals surface area (Å²) in [4.78, 5) is 23.6. The van der Waals surface area contributed by atoms with Gasteiger partial charge in [-0.15, -0.1) is 0 Å². The highest BCUT2D eigenvalue weighted by atomic mass is 19.4. The number of esters is 1. The van der Waals surface area contributed by atoms with Gasteiger partial charge in [-0.3, -0.25) is 9.59 Å². The van der Waals surface area contributed by atoms with Crippen molar-refractivity contribution in [2.75, 3.05) is 6.61 Å². The van der Waals surface area contributed by atoms with E-state index in [0.717, 1.165) is 24.3 Å². The zero-order chi connectivity index (χ0) is 17.0. The molecule has 0 aliphatic rings. The van der Waals surface area contributed by atoms with Gasteiger partial charge in [0.25, 0.3) is 0 Å². The summed E-state index contributed by atoms with van der Waals surface area (Å²) in [6.45, 7) is 1.92. The number of alkyl halides is 3. The van der Waals surface area contributed by atoms with Crippen molar-refractivity contribution in [2.24, 2.45) is 0 Å². The predicted octanol–water partition coefficient (Wildman–Crippen LogP) is 3.30. The number of nitrogens with zero attached hydrogens (tertiary/aromatic N) is 1. The Balaban J connectivity index is 2.12. The normalized spacial score (nSPS) is 11.3. The molecule has 2 rings (SSSR count). The van der Waals surface area contributed by atoms with Gasteiger partial charge in [0.05, 0.1) is 12.2 Å². The number of benzene rings is 1. The van der Waals surface area contributed by atoms with Crippen molar-refractivity contribution >= 4 is 11.8 Å². The maximum atomic E-state index is 12.5. The molecule has 0 radical (unpaired) electrons. The third-order valence-corrected chi connectivity index (χ3v) is 3.10. The molecule has 0 bridgehead atoms. The molecule has 1 aromatic carbocycles. The van der Waals surface area contributed by atoms with Gasteiger partial charge in [0, 0.05) is 23.5 Å². The van der Waals surface area contributed by atoms with Crippen molar-refractivity contribution in [3.05, 3.63) is 59.4 Å². The second-order valence-electron chi connectivity index (χ2n) is 4.78. The van der Waals surface area contributed by atoms with E-state index in [2.05, 4.69) is 0 Å². The summed E-state index contributed by atoms with van der Waals surface area (Å²) in [5.41, 5.74) is -0.380. The average molecular weight is 325 g/mol. The van der Waals surface area contributed by atoms with Crippen LogP contribution in [0.5, 0.6) is 0 Å². The Morgan fingerprint density at radius 3 is 2.30 bits per heavy atom. The number of hydrogen-bond acceptors (Lipinski definition) is 3. The Bertz CT molecular complexity index is 702. The van der Waals surface area contributed by atoms with Crippen LogP contribution in [0.1, 0.15) is 28.4 Å². The van der Waals surface area contributed by atoms with Gasteiger partial charge in [-0.25, -0.2) is 0 Å². The van der Waals surface area contributed by atoms with Crippen LogP contribution in [0.15, 0.2) is 42.7 Å². The fourth-order valence-electron chi connectivity index (χ4n) is 2.01. The largest absolute Gasteiger partial charge is 0.465 e. The fraction of sp³-hybridized carbons (Fsp3) is 0.250. The van der Waals surface area contributed by atoms with Crippen LogP contribution in [0.2, 0.25) is 0 Å². The van der Waals surface area contributed by atoms with E-state index >= 15 is 0 Å². The molecule has 0 saturated heterocycles. The molecule has 0 amide bonds. The lowest BCUT2D eigenvalue weighted by Gasteiger charge is -2.06. The van der Waals surface area contributed by atoms with Crippen molar-refractivity contribution in [3.63, 3.8) is 0 Å². The van der Waals surface area contributed by atoms with Gasteiger partial charge < -0.3 is 9.30 Å². The molecule has 0 fully saturated rings. The van der Waals surface area contributed by atoms with Crippen molar-refractivity contribution < 1.29 is 27.5 Å². The Hall–Kier alpha value is -2.57. The summed E-state index contributed by atoms with van der Waals surface area (Å²) in [7, 11) is 0. The molecule has 0 aliphatic carbocycles. The van der Waals surface area contributed by atoms with E-state index in [1.807, 2.05) is 0 Å². The Kier molecular flexibility index (Phi) is 4.88. The molecule has 0 aliphatic heterocycles. The lowest BCUT2D eigenvalue weighted by atomic mass is 10.0. The van der Waals surface area contributed by atoms with Crippen LogP contribution in [0.4, 0.5) is 13.2 Å². The van der Waals surface area contributed by atoms with Gasteiger partial charge in [-0.2, -0.15) is 13.2 Å². The number of ether oxygens (including phenoxy) is 1. The summed E-state index contributed by atoms with van der Waals surface area (Å²) in [5, 5.41) is 0. The van der Waals surface area contributed by atoms with Crippen molar-refractivity contribution in [1.29, 1.82) is 0 Å². The third-order valence-electron chi connectivity index (χ3n) is 3.10. The van der Waals surface area contributed by atoms with E-state index in [-0.39, 0.29) is 24.3 Å². The first-order valence-corrected chi connectivity index (χ1v) is 6.84. The van der Waals surface area contributed by atoms with Crippen molar-refractivity contribution in [1.82, 2.24) is 4.57 Å². The molecule has 23 heavy (non-hydrogen) atoms. The third kappa shape index (κ3) is 4.21. The lowest BCUT2D eigenvalue weighted by Crippen LogP contribution is -2.12. The van der Waals surface area contributed by atoms with E-state index in [9.17, 15) is 22.8 Å². The molecule has 7 heteroatoms. The Labute approximate surface area is 130 Å². The first-order chi connectivity index (χ1) is 10.8. The molecule has 0 N–H and O–H groups in total. The zero-order valence-corrected chi connectivity index (χ0v) is 12.3. The molecule has 2 aromatic rings. The summed E-state index contributed by atoms with van der Waals surface area (Å²) in [5.74, 6) is -0.849. The molecule has 1 heterocycles. The minimum absolute atomic E-state index is 0.0336. The summed E-state index contributed by atoms with van der Waals surface area (Å²) < 4.78 is 43.8. The van der Waals surface area contributed by atoms with Gasteiger partial charge >= 0.3 is 12.1 Å². The molecule has 0 atom stereocenters. The predicted molar refractivity (Wildman–Crippen MR) is 75.9 cm³/mol. The van der Waals surface area contributed by atoms with E-state index < -0.39 is 23.5 Å². The number of aromatic nitrogens is 1. The van der Waals surface area contributed by atoms with Gasteiger partial charge in [-0.05, 0) is 25.1 Å². The first kappa shape index (κ1) is 16.8. The van der Waals surface area contributed by atoms with Gasteiger partial charge in [0.2, 0.25) is 0 Å². The summed E-state index contributed by atoms with van der Waals surface area (Å²) >= 11 is 0. The molecular formula is C16H14F3NO3. The highest BCUT2D eigenvalue weighted by Gasteiger charge is 2.30. The van der Waals surface area contributed by atoms with Crippen LogP contribution >= 0.6 is 0 Å². The van der Waals surface area contributed by atoms with Crippen LogP contribution < -0.4 is 0 Å². The van der Waals surface area contributed by atoms with E-state index in [4.69, 9.17) is 4.74 Å². The maximum Gasteiger partial charge on any atom is 0.416 e. The fourth-order valence-corrected chi connectivity index (χ4v) is 2.01. The number of rotatable bonds is 5. The number of hydrogen-bond donors (Lipinski definition) is 0. The van der Waals surface area contributed by atoms with Crippen LogP contribution in [0.3, 0.4) is 0 Å². The van der Waals surface area contributed by atoms with Crippen LogP contribution in [0.25, 0.3) is 0 Å². The monoisotopic (exact) mass is 325 g/mol. The van der Waals surface area contributed by atoms with E-state index in [1.165, 1.54) is 23.0 Å². The quantitative estimate of drug-likeness (QED) is 0.626. The highest BCUT2D eigenvalue weighted by Crippen LogP contribution is 2.29. The number of ketones is 1. The average Bonchev–Trinajstić information content (AvgIpc) is 2.94. The minimum Gasteiger partial charge on any atom is -0.465 e. The van der Waals surface area contributed by atoms with Gasteiger partial charge in [0.1, 0.15) is 6.54 Å². The van der Waals surface area contributed by atoms with Crippen molar-refractivity contribution in [2.45, 2.75) is 19.6 Å². The lowest BCUT2D eigenvalue weighted by molar-refractivity contribution is -0.143. The van der Waals surface area contributed by atoms with Crippen LogP contribution in [-0.4, -0.2) is 22.9 Å². The molecule has 0 spiro atoms. The maximum absolute atomic E-state index is 12.5. The molecular weight excluding hydrogens is 311 g/mol. The van der Waals surface area contributed by atoms with Crippen LogP contribution in [-0.2, 0) is 22.3 Å². The number of halogens is 3. The topological polar surface area (TPSA) is 48.3 Å². The zero-order valence-electron chi connectivity index (χ0n) is 12.3.